The first kappa shape index (κ1) is 23.6. The number of nitrogens with one attached hydrogen (secondary N) is 3. The Morgan fingerprint density at radius 3 is 2.25 bits per heavy atom. The van der Waals surface area contributed by atoms with Crippen LogP contribution in [0.25, 0.3) is 10.4 Å². The molecule has 0 atom stereocenters. The average Bonchev–Trinajstić information content (AvgIpc) is 3.22. The second-order valence-corrected chi connectivity index (χ2v) is 10.1. The van der Waals surface area contributed by atoms with Gasteiger partial charge in [0.2, 0.25) is 10.0 Å². The third kappa shape index (κ3) is 5.58. The molecule has 168 valence electrons. The van der Waals surface area contributed by atoms with Gasteiger partial charge in [-0.2, -0.15) is 0 Å². The van der Waals surface area contributed by atoms with E-state index in [0.29, 0.717) is 10.4 Å². The maximum Gasteiger partial charge on any atom is 0.279 e. The molecule has 0 unspecified atom stereocenters. The summed E-state index contributed by atoms with van der Waals surface area (Å²) < 4.78 is 40.3. The van der Waals surface area contributed by atoms with Gasteiger partial charge < -0.3 is 0 Å². The topological polar surface area (TPSA) is 104 Å². The minimum absolute atomic E-state index is 0.0459. The molecule has 0 radical (unpaired) electrons. The van der Waals surface area contributed by atoms with Crippen LogP contribution in [0.4, 0.5) is 4.39 Å². The minimum atomic E-state index is -3.77. The van der Waals surface area contributed by atoms with Gasteiger partial charge in [-0.25, -0.2) is 17.5 Å². The van der Waals surface area contributed by atoms with Crippen LogP contribution in [0.15, 0.2) is 59.5 Å². The van der Waals surface area contributed by atoms with E-state index in [0.717, 1.165) is 10.4 Å². The molecule has 0 fully saturated rings. The van der Waals surface area contributed by atoms with Crippen LogP contribution in [0.3, 0.4) is 0 Å². The summed E-state index contributed by atoms with van der Waals surface area (Å²) in [6.45, 7) is 5.05. The van der Waals surface area contributed by atoms with E-state index in [4.69, 9.17) is 0 Å². The van der Waals surface area contributed by atoms with E-state index in [2.05, 4.69) is 15.6 Å². The minimum Gasteiger partial charge on any atom is -0.267 e. The van der Waals surface area contributed by atoms with Crippen molar-refractivity contribution in [3.05, 3.63) is 76.4 Å². The molecule has 0 spiro atoms. The summed E-state index contributed by atoms with van der Waals surface area (Å²) in [5, 5.41) is 0. The van der Waals surface area contributed by atoms with Crippen LogP contribution in [0.2, 0.25) is 0 Å². The predicted molar refractivity (Wildman–Crippen MR) is 121 cm³/mol. The van der Waals surface area contributed by atoms with Gasteiger partial charge in [-0.15, -0.1) is 11.3 Å². The summed E-state index contributed by atoms with van der Waals surface area (Å²) in [6, 6.07) is 13.1. The number of carbonyl (C=O) groups is 2. The highest BCUT2D eigenvalue weighted by atomic mass is 32.2. The molecule has 1 aromatic heterocycles. The van der Waals surface area contributed by atoms with Gasteiger partial charge in [0.15, 0.2) is 0 Å². The summed E-state index contributed by atoms with van der Waals surface area (Å²) in [6.07, 6.45) is 0. The Hall–Kier alpha value is -3.08. The van der Waals surface area contributed by atoms with Crippen molar-refractivity contribution < 1.29 is 22.4 Å². The Balaban J connectivity index is 1.70. The molecule has 0 aliphatic rings. The lowest BCUT2D eigenvalue weighted by atomic mass is 10.1. The zero-order chi connectivity index (χ0) is 23.5. The van der Waals surface area contributed by atoms with Crippen LogP contribution in [-0.2, 0) is 10.0 Å². The van der Waals surface area contributed by atoms with Gasteiger partial charge in [0, 0.05) is 16.5 Å². The fraction of sp³-hybridized carbons (Fsp3) is 0.182. The molecule has 0 saturated heterocycles. The summed E-state index contributed by atoms with van der Waals surface area (Å²) in [5.41, 5.74) is 6.09. The Bertz CT molecular complexity index is 1250. The van der Waals surface area contributed by atoms with E-state index in [9.17, 15) is 22.4 Å². The quantitative estimate of drug-likeness (QED) is 0.474. The van der Waals surface area contributed by atoms with E-state index >= 15 is 0 Å². The highest BCUT2D eigenvalue weighted by Gasteiger charge is 2.19. The molecule has 2 amide bonds. The number of hydrogen-bond acceptors (Lipinski definition) is 5. The second-order valence-electron chi connectivity index (χ2n) is 7.33. The lowest BCUT2D eigenvalue weighted by Gasteiger charge is -2.13. The molecule has 32 heavy (non-hydrogen) atoms. The molecule has 3 aromatic rings. The fourth-order valence-corrected chi connectivity index (χ4v) is 5.05. The highest BCUT2D eigenvalue weighted by molar-refractivity contribution is 7.89. The standard InChI is InChI=1S/C22H22FN3O4S2/c1-13(2)26-32(29,30)17-9-4-14(3)18(12-17)21(27)24-25-22(28)20-11-10-19(31-20)15-5-7-16(23)8-6-15/h4-13,26H,1-3H3,(H,24,27)(H,25,28). The maximum atomic E-state index is 13.1. The number of thiophene rings is 1. The lowest BCUT2D eigenvalue weighted by molar-refractivity contribution is 0.0848. The van der Waals surface area contributed by atoms with Crippen LogP contribution < -0.4 is 15.6 Å². The monoisotopic (exact) mass is 475 g/mol. The van der Waals surface area contributed by atoms with Gasteiger partial charge in [-0.1, -0.05) is 18.2 Å². The van der Waals surface area contributed by atoms with Crippen molar-refractivity contribution >= 4 is 33.2 Å². The highest BCUT2D eigenvalue weighted by Crippen LogP contribution is 2.28. The number of carbonyl (C=O) groups excluding carboxylic acids is 2. The number of rotatable bonds is 6. The first-order valence-electron chi connectivity index (χ1n) is 9.66. The van der Waals surface area contributed by atoms with E-state index < -0.39 is 21.8 Å². The van der Waals surface area contributed by atoms with Crippen LogP contribution in [0, 0.1) is 12.7 Å². The van der Waals surface area contributed by atoms with E-state index in [1.165, 1.54) is 41.7 Å². The molecule has 0 saturated carbocycles. The number of sulfonamides is 1. The van der Waals surface area contributed by atoms with E-state index in [-0.39, 0.29) is 22.3 Å². The molecule has 3 N–H and O–H groups in total. The van der Waals surface area contributed by atoms with E-state index in [1.54, 1.807) is 45.0 Å². The molecule has 7 nitrogen and oxygen atoms in total. The van der Waals surface area contributed by atoms with Gasteiger partial charge in [0.1, 0.15) is 5.82 Å². The van der Waals surface area contributed by atoms with Crippen LogP contribution in [-0.4, -0.2) is 26.3 Å². The second kappa shape index (κ2) is 9.60. The molecule has 10 heteroatoms. The Morgan fingerprint density at radius 2 is 1.59 bits per heavy atom. The number of aryl methyl sites for hydroxylation is 1. The van der Waals surface area contributed by atoms with Crippen molar-refractivity contribution in [2.75, 3.05) is 0 Å². The predicted octanol–water partition coefficient (Wildman–Crippen LogP) is 3.62. The number of halogens is 1. The van der Waals surface area contributed by atoms with Crippen molar-refractivity contribution in [2.24, 2.45) is 0 Å². The summed E-state index contributed by atoms with van der Waals surface area (Å²) in [5.74, 6) is -1.52. The lowest BCUT2D eigenvalue weighted by Crippen LogP contribution is -2.41. The van der Waals surface area contributed by atoms with Gasteiger partial charge in [0.05, 0.1) is 9.77 Å². The number of benzene rings is 2. The van der Waals surface area contributed by atoms with Gasteiger partial charge in [0.25, 0.3) is 11.8 Å². The summed E-state index contributed by atoms with van der Waals surface area (Å²) in [7, 11) is -3.77. The third-order valence-electron chi connectivity index (χ3n) is 4.40. The van der Waals surface area contributed by atoms with Gasteiger partial charge >= 0.3 is 0 Å². The molecule has 0 aliphatic carbocycles. The van der Waals surface area contributed by atoms with E-state index in [1.807, 2.05) is 0 Å². The zero-order valence-corrected chi connectivity index (χ0v) is 19.2. The van der Waals surface area contributed by atoms with Crippen molar-refractivity contribution in [1.82, 2.24) is 15.6 Å². The zero-order valence-electron chi connectivity index (χ0n) is 17.6. The molecule has 1 heterocycles. The number of hydrogen-bond donors (Lipinski definition) is 3. The third-order valence-corrected chi connectivity index (χ3v) is 7.19. The molecular formula is C22H22FN3O4S2. The maximum absolute atomic E-state index is 13.1. The molecule has 0 aliphatic heterocycles. The Labute approximate surface area is 189 Å². The van der Waals surface area contributed by atoms with Crippen LogP contribution in [0.1, 0.15) is 39.4 Å². The van der Waals surface area contributed by atoms with Crippen molar-refractivity contribution in [3.8, 4) is 10.4 Å². The first-order chi connectivity index (χ1) is 15.1. The number of hydrazine groups is 1. The Morgan fingerprint density at radius 1 is 0.938 bits per heavy atom. The average molecular weight is 476 g/mol. The molecular weight excluding hydrogens is 453 g/mol. The van der Waals surface area contributed by atoms with Gasteiger partial charge in [-0.3, -0.25) is 20.4 Å². The van der Waals surface area contributed by atoms with Crippen molar-refractivity contribution in [3.63, 3.8) is 0 Å². The van der Waals surface area contributed by atoms with Crippen molar-refractivity contribution in [1.29, 1.82) is 0 Å². The first-order valence-corrected chi connectivity index (χ1v) is 12.0. The SMILES string of the molecule is Cc1ccc(S(=O)(=O)NC(C)C)cc1C(=O)NNC(=O)c1ccc(-c2ccc(F)cc2)s1. The number of amides is 2. The molecule has 3 rings (SSSR count). The fourth-order valence-electron chi connectivity index (χ4n) is 2.86. The summed E-state index contributed by atoms with van der Waals surface area (Å²) in [4.78, 5) is 26.1. The Kier molecular flexibility index (Phi) is 7.07. The normalized spacial score (nSPS) is 11.4. The van der Waals surface area contributed by atoms with Crippen molar-refractivity contribution in [2.45, 2.75) is 31.7 Å². The van der Waals surface area contributed by atoms with Crippen LogP contribution in [0.5, 0.6) is 0 Å². The molecule has 0 bridgehead atoms. The largest absolute Gasteiger partial charge is 0.279 e. The van der Waals surface area contributed by atoms with Gasteiger partial charge in [-0.05, 0) is 68.3 Å². The van der Waals surface area contributed by atoms with Crippen LogP contribution >= 0.6 is 11.3 Å². The summed E-state index contributed by atoms with van der Waals surface area (Å²) >= 11 is 1.19. The smallest absolute Gasteiger partial charge is 0.267 e. The molecule has 2 aromatic carbocycles.